The Kier molecular flexibility index (Phi) is 3.52. The van der Waals surface area contributed by atoms with Crippen molar-refractivity contribution in [3.05, 3.63) is 39.8 Å². The molecule has 98 valence electrons. The highest BCUT2D eigenvalue weighted by Crippen LogP contribution is 2.23. The zero-order chi connectivity index (χ0) is 14.0. The Hall–Kier alpha value is -2.35. The molecule has 0 atom stereocenters. The molecule has 0 aliphatic carbocycles. The van der Waals surface area contributed by atoms with E-state index in [9.17, 15) is 9.59 Å². The van der Waals surface area contributed by atoms with Gasteiger partial charge in [-0.2, -0.15) is 0 Å². The quantitative estimate of drug-likeness (QED) is 0.713. The summed E-state index contributed by atoms with van der Waals surface area (Å²) in [6.07, 6.45) is 0. The lowest BCUT2D eigenvalue weighted by molar-refractivity contribution is 0.0696. The number of carboxylic acid groups (broad SMARTS) is 1. The van der Waals surface area contributed by atoms with E-state index in [2.05, 4.69) is 15.0 Å². The van der Waals surface area contributed by atoms with Gasteiger partial charge in [-0.15, -0.1) is 0 Å². The van der Waals surface area contributed by atoms with Crippen LogP contribution in [-0.2, 0) is 0 Å². The van der Waals surface area contributed by atoms with Crippen molar-refractivity contribution < 1.29 is 9.90 Å². The van der Waals surface area contributed by atoms with Crippen molar-refractivity contribution in [1.82, 2.24) is 15.0 Å². The van der Waals surface area contributed by atoms with Gasteiger partial charge >= 0.3 is 5.97 Å². The van der Waals surface area contributed by atoms with Gasteiger partial charge in [-0.05, 0) is 30.8 Å². The highest BCUT2D eigenvalue weighted by Gasteiger charge is 2.09. The molecular weight excluding hydrogens is 268 g/mol. The monoisotopic (exact) mass is 278 g/mol. The molecule has 4 N–H and O–H groups in total. The van der Waals surface area contributed by atoms with E-state index in [-0.39, 0.29) is 22.1 Å². The highest BCUT2D eigenvalue weighted by molar-refractivity contribution is 7.99. The van der Waals surface area contributed by atoms with E-state index in [1.165, 1.54) is 12.1 Å². The van der Waals surface area contributed by atoms with Crippen LogP contribution in [0.15, 0.2) is 33.2 Å². The van der Waals surface area contributed by atoms with Crippen LogP contribution in [0.4, 0.5) is 5.82 Å². The number of aromatic nitrogens is 3. The fourth-order valence-electron chi connectivity index (χ4n) is 1.41. The first-order chi connectivity index (χ1) is 8.94. The largest absolute Gasteiger partial charge is 0.478 e. The van der Waals surface area contributed by atoms with Gasteiger partial charge in [0.25, 0.3) is 5.56 Å². The second-order valence-corrected chi connectivity index (χ2v) is 4.73. The number of nitrogens with two attached hydrogens (primary N) is 1. The zero-order valence-corrected chi connectivity index (χ0v) is 10.7. The minimum Gasteiger partial charge on any atom is -0.478 e. The summed E-state index contributed by atoms with van der Waals surface area (Å²) in [4.78, 5) is 32.8. The van der Waals surface area contributed by atoms with Crippen LogP contribution in [0.2, 0.25) is 0 Å². The molecule has 19 heavy (non-hydrogen) atoms. The van der Waals surface area contributed by atoms with Crippen LogP contribution in [-0.4, -0.2) is 26.0 Å². The molecule has 0 saturated carbocycles. The van der Waals surface area contributed by atoms with Crippen molar-refractivity contribution in [2.24, 2.45) is 0 Å². The molecule has 0 unspecified atom stereocenters. The standard InChI is InChI=1S/C11H10N4O3S/c1-5-2-6(10(17)18)3-9(13-5)19-11-14-7(12)4-8(16)15-11/h2-4H,1H3,(H,17,18)(H3,12,14,15,16). The number of aryl methyl sites for hydroxylation is 1. The molecular formula is C11H10N4O3S. The number of H-pyrrole nitrogens is 1. The molecule has 2 aromatic rings. The average molecular weight is 278 g/mol. The predicted octanol–water partition coefficient (Wildman–Crippen LogP) is 0.905. The molecule has 0 fully saturated rings. The number of carbonyl (C=O) groups is 1. The molecule has 7 nitrogen and oxygen atoms in total. The summed E-state index contributed by atoms with van der Waals surface area (Å²) in [7, 11) is 0. The molecule has 0 saturated heterocycles. The third-order valence-corrected chi connectivity index (χ3v) is 2.92. The lowest BCUT2D eigenvalue weighted by atomic mass is 10.2. The number of pyridine rings is 1. The Morgan fingerprint density at radius 1 is 1.37 bits per heavy atom. The maximum atomic E-state index is 11.2. The second kappa shape index (κ2) is 5.11. The number of nitrogens with zero attached hydrogens (tertiary/aromatic N) is 2. The minimum absolute atomic E-state index is 0.0948. The van der Waals surface area contributed by atoms with Gasteiger partial charge in [0.15, 0.2) is 5.16 Å². The molecule has 0 bridgehead atoms. The van der Waals surface area contributed by atoms with Crippen LogP contribution in [0, 0.1) is 6.92 Å². The first-order valence-electron chi connectivity index (χ1n) is 5.21. The molecule has 2 aromatic heterocycles. The summed E-state index contributed by atoms with van der Waals surface area (Å²) in [5.41, 5.74) is 5.78. The van der Waals surface area contributed by atoms with E-state index in [0.717, 1.165) is 17.8 Å². The van der Waals surface area contributed by atoms with Crippen LogP contribution in [0.5, 0.6) is 0 Å². The van der Waals surface area contributed by atoms with Crippen molar-refractivity contribution in [2.45, 2.75) is 17.1 Å². The molecule has 0 radical (unpaired) electrons. The Morgan fingerprint density at radius 3 is 2.74 bits per heavy atom. The van der Waals surface area contributed by atoms with Gasteiger partial charge in [0, 0.05) is 11.8 Å². The van der Waals surface area contributed by atoms with Gasteiger partial charge in [-0.25, -0.2) is 14.8 Å². The van der Waals surface area contributed by atoms with Crippen LogP contribution >= 0.6 is 11.8 Å². The number of aromatic carboxylic acids is 1. The van der Waals surface area contributed by atoms with Gasteiger partial charge in [0.1, 0.15) is 10.8 Å². The fraction of sp³-hybridized carbons (Fsp3) is 0.0909. The van der Waals surface area contributed by atoms with Gasteiger partial charge in [-0.1, -0.05) is 0 Å². The van der Waals surface area contributed by atoms with Crippen LogP contribution < -0.4 is 11.3 Å². The fourth-order valence-corrected chi connectivity index (χ4v) is 2.29. The lowest BCUT2D eigenvalue weighted by Crippen LogP contribution is -2.09. The number of nitrogens with one attached hydrogen (secondary N) is 1. The van der Waals surface area contributed by atoms with Gasteiger partial charge in [0.05, 0.1) is 5.56 Å². The SMILES string of the molecule is Cc1cc(C(=O)O)cc(Sc2nc(N)cc(=O)[nH]2)n1. The highest BCUT2D eigenvalue weighted by atomic mass is 32.2. The van der Waals surface area contributed by atoms with E-state index < -0.39 is 5.97 Å². The molecule has 0 aliphatic rings. The van der Waals surface area contributed by atoms with Gasteiger partial charge in [-0.3, -0.25) is 4.79 Å². The van der Waals surface area contributed by atoms with Gasteiger partial charge in [0.2, 0.25) is 0 Å². The number of rotatable bonds is 3. The molecule has 0 spiro atoms. The normalized spacial score (nSPS) is 10.4. The Labute approximate surface area is 111 Å². The summed E-state index contributed by atoms with van der Waals surface area (Å²) in [6, 6.07) is 4.03. The zero-order valence-electron chi connectivity index (χ0n) is 9.88. The minimum atomic E-state index is -1.04. The molecule has 2 rings (SSSR count). The van der Waals surface area contributed by atoms with Crippen LogP contribution in [0.25, 0.3) is 0 Å². The maximum Gasteiger partial charge on any atom is 0.335 e. The number of nitrogen functional groups attached to an aromatic ring is 1. The van der Waals surface area contributed by atoms with Crippen LogP contribution in [0.1, 0.15) is 16.1 Å². The molecule has 8 heteroatoms. The van der Waals surface area contributed by atoms with Crippen molar-refractivity contribution in [2.75, 3.05) is 5.73 Å². The molecule has 0 aromatic carbocycles. The number of anilines is 1. The smallest absolute Gasteiger partial charge is 0.335 e. The number of hydrogen-bond acceptors (Lipinski definition) is 6. The van der Waals surface area contributed by atoms with E-state index in [4.69, 9.17) is 10.8 Å². The van der Waals surface area contributed by atoms with E-state index in [1.54, 1.807) is 6.92 Å². The number of hydrogen-bond donors (Lipinski definition) is 3. The van der Waals surface area contributed by atoms with E-state index >= 15 is 0 Å². The Morgan fingerprint density at radius 2 is 2.11 bits per heavy atom. The number of carboxylic acids is 1. The second-order valence-electron chi connectivity index (χ2n) is 3.72. The average Bonchev–Trinajstić information content (AvgIpc) is 2.26. The molecule has 0 aliphatic heterocycles. The third kappa shape index (κ3) is 3.32. The van der Waals surface area contributed by atoms with Crippen molar-refractivity contribution in [3.8, 4) is 0 Å². The van der Waals surface area contributed by atoms with E-state index in [0.29, 0.717) is 10.7 Å². The maximum absolute atomic E-state index is 11.2. The van der Waals surface area contributed by atoms with Crippen molar-refractivity contribution in [1.29, 1.82) is 0 Å². The first-order valence-corrected chi connectivity index (χ1v) is 6.02. The molecule has 2 heterocycles. The van der Waals surface area contributed by atoms with Crippen LogP contribution in [0.3, 0.4) is 0 Å². The van der Waals surface area contributed by atoms with E-state index in [1.807, 2.05) is 0 Å². The van der Waals surface area contributed by atoms with Crippen molar-refractivity contribution >= 4 is 23.5 Å². The topological polar surface area (TPSA) is 122 Å². The summed E-state index contributed by atoms with van der Waals surface area (Å²) in [6.45, 7) is 1.69. The summed E-state index contributed by atoms with van der Waals surface area (Å²) < 4.78 is 0. The first kappa shape index (κ1) is 13.1. The Bertz CT molecular complexity index is 699. The summed E-state index contributed by atoms with van der Waals surface area (Å²) in [5.74, 6) is -0.946. The summed E-state index contributed by atoms with van der Waals surface area (Å²) in [5, 5.41) is 9.64. The predicted molar refractivity (Wildman–Crippen MR) is 69.3 cm³/mol. The molecule has 0 amide bonds. The van der Waals surface area contributed by atoms with Crippen molar-refractivity contribution in [3.63, 3.8) is 0 Å². The Balaban J connectivity index is 2.37. The third-order valence-electron chi connectivity index (χ3n) is 2.12. The lowest BCUT2D eigenvalue weighted by Gasteiger charge is -2.03. The summed E-state index contributed by atoms with van der Waals surface area (Å²) >= 11 is 1.04. The number of aromatic amines is 1. The van der Waals surface area contributed by atoms with Gasteiger partial charge < -0.3 is 15.8 Å².